The summed E-state index contributed by atoms with van der Waals surface area (Å²) in [4.78, 5) is 0. The molecular formula is C20H25NO2. The maximum atomic E-state index is 6.09. The van der Waals surface area contributed by atoms with Crippen molar-refractivity contribution in [2.24, 2.45) is 5.73 Å². The summed E-state index contributed by atoms with van der Waals surface area (Å²) >= 11 is 0. The highest BCUT2D eigenvalue weighted by Gasteiger charge is 2.34. The lowest BCUT2D eigenvalue weighted by Gasteiger charge is -2.28. The van der Waals surface area contributed by atoms with E-state index in [4.69, 9.17) is 15.2 Å². The average molecular weight is 311 g/mol. The topological polar surface area (TPSA) is 44.5 Å². The van der Waals surface area contributed by atoms with Crippen LogP contribution in [0.15, 0.2) is 48.5 Å². The van der Waals surface area contributed by atoms with E-state index in [0.717, 1.165) is 29.9 Å². The van der Waals surface area contributed by atoms with Gasteiger partial charge >= 0.3 is 0 Å². The van der Waals surface area contributed by atoms with Crippen LogP contribution in [0.5, 0.6) is 11.5 Å². The Bertz CT molecular complexity index is 633. The highest BCUT2D eigenvalue weighted by atomic mass is 16.5. The van der Waals surface area contributed by atoms with Crippen molar-refractivity contribution < 1.29 is 9.47 Å². The van der Waals surface area contributed by atoms with Gasteiger partial charge in [0.25, 0.3) is 0 Å². The summed E-state index contributed by atoms with van der Waals surface area (Å²) in [5.41, 5.74) is 8.63. The largest absolute Gasteiger partial charge is 0.493 e. The van der Waals surface area contributed by atoms with Gasteiger partial charge in [-0.3, -0.25) is 0 Å². The van der Waals surface area contributed by atoms with Gasteiger partial charge in [0.05, 0.1) is 7.11 Å². The van der Waals surface area contributed by atoms with Crippen LogP contribution in [0.25, 0.3) is 0 Å². The Morgan fingerprint density at radius 3 is 2.39 bits per heavy atom. The lowest BCUT2D eigenvalue weighted by atomic mass is 9.79. The van der Waals surface area contributed by atoms with Gasteiger partial charge in [0.2, 0.25) is 0 Å². The van der Waals surface area contributed by atoms with Crippen LogP contribution >= 0.6 is 0 Å². The first-order valence-electron chi connectivity index (χ1n) is 8.33. The molecule has 3 heteroatoms. The third kappa shape index (κ3) is 3.35. The van der Waals surface area contributed by atoms with E-state index in [1.54, 1.807) is 7.11 Å². The van der Waals surface area contributed by atoms with Gasteiger partial charge in [-0.25, -0.2) is 0 Å². The summed E-state index contributed by atoms with van der Waals surface area (Å²) < 4.78 is 11.5. The quantitative estimate of drug-likeness (QED) is 0.875. The van der Waals surface area contributed by atoms with Gasteiger partial charge < -0.3 is 15.2 Å². The molecule has 0 aliphatic heterocycles. The third-order valence-electron chi connectivity index (χ3n) is 4.96. The third-order valence-corrected chi connectivity index (χ3v) is 4.96. The first kappa shape index (κ1) is 15.9. The zero-order chi connectivity index (χ0) is 16.1. The predicted molar refractivity (Wildman–Crippen MR) is 93.0 cm³/mol. The van der Waals surface area contributed by atoms with Crippen molar-refractivity contribution in [3.05, 3.63) is 59.7 Å². The molecule has 23 heavy (non-hydrogen) atoms. The maximum Gasteiger partial charge on any atom is 0.161 e. The first-order chi connectivity index (χ1) is 11.3. The molecule has 0 aromatic heterocycles. The van der Waals surface area contributed by atoms with Crippen LogP contribution in [0.3, 0.4) is 0 Å². The molecule has 1 aliphatic rings. The van der Waals surface area contributed by atoms with E-state index in [0.29, 0.717) is 13.2 Å². The molecule has 2 aromatic carbocycles. The number of ether oxygens (including phenoxy) is 2. The summed E-state index contributed by atoms with van der Waals surface area (Å²) in [6.07, 6.45) is 4.84. The summed E-state index contributed by atoms with van der Waals surface area (Å²) in [6, 6.07) is 16.4. The van der Waals surface area contributed by atoms with Crippen LogP contribution in [0, 0.1) is 0 Å². The van der Waals surface area contributed by atoms with Crippen LogP contribution < -0.4 is 15.2 Å². The summed E-state index contributed by atoms with van der Waals surface area (Å²) in [5, 5.41) is 0. The molecular weight excluding hydrogens is 286 g/mol. The molecule has 0 radical (unpaired) electrons. The van der Waals surface area contributed by atoms with Crippen LogP contribution in [-0.4, -0.2) is 13.7 Å². The summed E-state index contributed by atoms with van der Waals surface area (Å²) in [7, 11) is 1.69. The monoisotopic (exact) mass is 311 g/mol. The molecule has 0 spiro atoms. The van der Waals surface area contributed by atoms with Crippen LogP contribution in [0.2, 0.25) is 0 Å². The zero-order valence-electron chi connectivity index (χ0n) is 13.8. The van der Waals surface area contributed by atoms with Gasteiger partial charge in [-0.05, 0) is 36.1 Å². The Hall–Kier alpha value is -2.00. The van der Waals surface area contributed by atoms with Crippen LogP contribution in [0.1, 0.15) is 36.8 Å². The Kier molecular flexibility index (Phi) is 4.87. The van der Waals surface area contributed by atoms with Crippen molar-refractivity contribution in [2.75, 3.05) is 13.7 Å². The van der Waals surface area contributed by atoms with Crippen molar-refractivity contribution in [3.8, 4) is 11.5 Å². The van der Waals surface area contributed by atoms with Gasteiger partial charge in [-0.2, -0.15) is 0 Å². The molecule has 122 valence electrons. The van der Waals surface area contributed by atoms with Crippen LogP contribution in [0.4, 0.5) is 0 Å². The zero-order valence-corrected chi connectivity index (χ0v) is 13.8. The molecule has 0 heterocycles. The van der Waals surface area contributed by atoms with Crippen molar-refractivity contribution in [1.29, 1.82) is 0 Å². The second-order valence-corrected chi connectivity index (χ2v) is 6.33. The van der Waals surface area contributed by atoms with E-state index in [-0.39, 0.29) is 5.41 Å². The molecule has 3 nitrogen and oxygen atoms in total. The van der Waals surface area contributed by atoms with Crippen molar-refractivity contribution in [2.45, 2.75) is 37.7 Å². The molecule has 0 atom stereocenters. The first-order valence-corrected chi connectivity index (χ1v) is 8.33. The smallest absolute Gasteiger partial charge is 0.161 e. The second-order valence-electron chi connectivity index (χ2n) is 6.33. The fraction of sp³-hybridized carbons (Fsp3) is 0.400. The number of benzene rings is 2. The Morgan fingerprint density at radius 2 is 1.74 bits per heavy atom. The summed E-state index contributed by atoms with van der Waals surface area (Å²) in [5.74, 6) is 1.57. The second kappa shape index (κ2) is 7.05. The normalized spacial score (nSPS) is 16.3. The number of hydrogen-bond acceptors (Lipinski definition) is 3. The van der Waals surface area contributed by atoms with Gasteiger partial charge in [-0.15, -0.1) is 0 Å². The summed E-state index contributed by atoms with van der Waals surface area (Å²) in [6.45, 7) is 1.24. The highest BCUT2D eigenvalue weighted by molar-refractivity contribution is 5.46. The molecule has 1 aliphatic carbocycles. The Labute approximate surface area is 138 Å². The van der Waals surface area contributed by atoms with E-state index < -0.39 is 0 Å². The Balaban J connectivity index is 1.79. The lowest BCUT2D eigenvalue weighted by Crippen LogP contribution is -2.31. The predicted octanol–water partition coefficient (Wildman–Crippen LogP) is 4.04. The van der Waals surface area contributed by atoms with Gasteiger partial charge in [0, 0.05) is 12.0 Å². The minimum atomic E-state index is 0.116. The number of nitrogens with two attached hydrogens (primary N) is 1. The molecule has 0 amide bonds. The van der Waals surface area contributed by atoms with E-state index in [2.05, 4.69) is 24.3 Å². The minimum absolute atomic E-state index is 0.116. The van der Waals surface area contributed by atoms with E-state index in [1.807, 2.05) is 24.3 Å². The fourth-order valence-corrected chi connectivity index (χ4v) is 3.51. The van der Waals surface area contributed by atoms with Crippen molar-refractivity contribution in [1.82, 2.24) is 0 Å². The molecule has 0 saturated heterocycles. The van der Waals surface area contributed by atoms with Crippen molar-refractivity contribution >= 4 is 0 Å². The maximum absolute atomic E-state index is 6.09. The number of hydrogen-bond donors (Lipinski definition) is 1. The molecule has 2 aromatic rings. The minimum Gasteiger partial charge on any atom is -0.493 e. The SMILES string of the molecule is COc1cc(C2(CN)CCCC2)ccc1OCc1ccccc1. The standard InChI is InChI=1S/C20H25NO2/c1-22-19-13-17(20(15-21)11-5-6-12-20)9-10-18(19)23-14-16-7-3-2-4-8-16/h2-4,7-10,13H,5-6,11-12,14-15,21H2,1H3. The number of methoxy groups -OCH3 is 1. The highest BCUT2D eigenvalue weighted by Crippen LogP contribution is 2.43. The number of rotatable bonds is 6. The molecule has 1 saturated carbocycles. The molecule has 1 fully saturated rings. The Morgan fingerprint density at radius 1 is 1.00 bits per heavy atom. The van der Waals surface area contributed by atoms with Gasteiger partial charge in [0.15, 0.2) is 11.5 Å². The molecule has 0 unspecified atom stereocenters. The van der Waals surface area contributed by atoms with E-state index >= 15 is 0 Å². The van der Waals surface area contributed by atoms with Gasteiger partial charge in [-0.1, -0.05) is 49.2 Å². The fourth-order valence-electron chi connectivity index (χ4n) is 3.51. The van der Waals surface area contributed by atoms with Crippen molar-refractivity contribution in [3.63, 3.8) is 0 Å². The average Bonchev–Trinajstić information content (AvgIpc) is 3.11. The van der Waals surface area contributed by atoms with Crippen LogP contribution in [-0.2, 0) is 12.0 Å². The van der Waals surface area contributed by atoms with E-state index in [9.17, 15) is 0 Å². The molecule has 3 rings (SSSR count). The molecule has 2 N–H and O–H groups in total. The lowest BCUT2D eigenvalue weighted by molar-refractivity contribution is 0.283. The van der Waals surface area contributed by atoms with Gasteiger partial charge in [0.1, 0.15) is 6.61 Å². The molecule has 0 bridgehead atoms. The van der Waals surface area contributed by atoms with E-state index in [1.165, 1.54) is 18.4 Å².